The van der Waals surface area contributed by atoms with E-state index < -0.39 is 6.04 Å². The number of likely N-dealkylation sites (N-methyl/N-ethyl adjacent to an activating group) is 1. The van der Waals surface area contributed by atoms with Crippen molar-refractivity contribution < 1.29 is 14.3 Å². The first-order valence-electron chi connectivity index (χ1n) is 10.7. The third-order valence-electron chi connectivity index (χ3n) is 5.82. The molecule has 0 spiro atoms. The summed E-state index contributed by atoms with van der Waals surface area (Å²) in [7, 11) is 3.14. The van der Waals surface area contributed by atoms with Crippen LogP contribution in [-0.2, 0) is 20.7 Å². The Hall–Kier alpha value is -2.80. The Morgan fingerprint density at radius 1 is 1.16 bits per heavy atom. The van der Waals surface area contributed by atoms with Gasteiger partial charge in [0, 0.05) is 25.0 Å². The topological polar surface area (TPSA) is 63.7 Å². The third-order valence-corrected chi connectivity index (χ3v) is 5.82. The molecule has 1 aliphatic rings. The van der Waals surface area contributed by atoms with Gasteiger partial charge in [-0.15, -0.1) is 0 Å². The number of carbonyl (C=O) groups is 1. The molecule has 0 bridgehead atoms. The van der Waals surface area contributed by atoms with Crippen molar-refractivity contribution in [2.24, 2.45) is 0 Å². The van der Waals surface area contributed by atoms with Crippen LogP contribution in [0.1, 0.15) is 17.3 Å². The molecule has 0 saturated carbocycles. The number of rotatable bonds is 7. The van der Waals surface area contributed by atoms with Crippen LogP contribution in [0.2, 0.25) is 0 Å². The zero-order valence-corrected chi connectivity index (χ0v) is 18.1. The predicted molar refractivity (Wildman–Crippen MR) is 122 cm³/mol. The Balaban J connectivity index is 1.73. The van der Waals surface area contributed by atoms with Crippen LogP contribution in [0, 0.1) is 0 Å². The van der Waals surface area contributed by atoms with Gasteiger partial charge in [-0.1, -0.05) is 36.4 Å². The van der Waals surface area contributed by atoms with Crippen LogP contribution in [0.4, 0.5) is 0 Å². The van der Waals surface area contributed by atoms with E-state index in [1.807, 2.05) is 24.3 Å². The van der Waals surface area contributed by atoms with Gasteiger partial charge in [0.05, 0.1) is 31.5 Å². The highest BCUT2D eigenvalue weighted by Gasteiger charge is 2.23. The van der Waals surface area contributed by atoms with Crippen LogP contribution in [0.25, 0.3) is 22.0 Å². The van der Waals surface area contributed by atoms with E-state index in [1.54, 1.807) is 7.05 Å². The number of nitrogens with zero attached hydrogens (tertiary/aromatic N) is 2. The number of hydrogen-bond donors (Lipinski definition) is 1. The summed E-state index contributed by atoms with van der Waals surface area (Å²) in [4.78, 5) is 19.5. The first-order valence-corrected chi connectivity index (χ1v) is 10.7. The van der Waals surface area contributed by atoms with E-state index in [1.165, 1.54) is 12.7 Å². The van der Waals surface area contributed by atoms with Gasteiger partial charge in [0.15, 0.2) is 0 Å². The van der Waals surface area contributed by atoms with Gasteiger partial charge in [0.2, 0.25) is 0 Å². The monoisotopic (exact) mass is 419 g/mol. The summed E-state index contributed by atoms with van der Waals surface area (Å²) < 4.78 is 10.4. The van der Waals surface area contributed by atoms with E-state index >= 15 is 0 Å². The molecule has 2 heterocycles. The van der Waals surface area contributed by atoms with Gasteiger partial charge in [-0.05, 0) is 48.4 Å². The largest absolute Gasteiger partial charge is 0.468 e. The van der Waals surface area contributed by atoms with Gasteiger partial charge in [-0.2, -0.15) is 0 Å². The average Bonchev–Trinajstić information content (AvgIpc) is 2.83. The van der Waals surface area contributed by atoms with Crippen molar-refractivity contribution in [3.05, 3.63) is 65.9 Å². The Labute approximate surface area is 183 Å². The lowest BCUT2D eigenvalue weighted by Gasteiger charge is -2.26. The highest BCUT2D eigenvalue weighted by molar-refractivity contribution is 5.95. The summed E-state index contributed by atoms with van der Waals surface area (Å²) in [6, 6.07) is 18.1. The predicted octanol–water partition coefficient (Wildman–Crippen LogP) is 3.21. The summed E-state index contributed by atoms with van der Waals surface area (Å²) in [6.07, 6.45) is 0.979. The lowest BCUT2D eigenvalue weighted by atomic mass is 9.96. The maximum Gasteiger partial charge on any atom is 0.329 e. The van der Waals surface area contributed by atoms with Crippen LogP contribution in [0.15, 0.2) is 54.6 Å². The number of carbonyl (C=O) groups excluding carboxylic acids is 1. The minimum Gasteiger partial charge on any atom is -0.468 e. The van der Waals surface area contributed by atoms with E-state index in [0.717, 1.165) is 61.3 Å². The molecule has 0 radical (unpaired) electrons. The molecule has 1 fully saturated rings. The molecule has 1 atom stereocenters. The molecule has 2 aromatic carbocycles. The molecule has 6 nitrogen and oxygen atoms in total. The number of fused-ring (bicyclic) bond motifs is 1. The van der Waals surface area contributed by atoms with Gasteiger partial charge in [-0.25, -0.2) is 4.79 Å². The van der Waals surface area contributed by atoms with Crippen LogP contribution < -0.4 is 5.32 Å². The second-order valence-corrected chi connectivity index (χ2v) is 7.76. The second kappa shape index (κ2) is 10.0. The molecule has 31 heavy (non-hydrogen) atoms. The first-order chi connectivity index (χ1) is 15.2. The third kappa shape index (κ3) is 4.93. The van der Waals surface area contributed by atoms with Crippen molar-refractivity contribution >= 4 is 16.9 Å². The number of ether oxygens (including phenoxy) is 2. The van der Waals surface area contributed by atoms with E-state index in [0.29, 0.717) is 5.69 Å². The van der Waals surface area contributed by atoms with Gasteiger partial charge in [-0.3, -0.25) is 9.88 Å². The first kappa shape index (κ1) is 21.4. The summed E-state index contributed by atoms with van der Waals surface area (Å²) in [6.45, 7) is 4.63. The van der Waals surface area contributed by atoms with Crippen molar-refractivity contribution in [3.63, 3.8) is 0 Å². The Bertz CT molecular complexity index is 1030. The molecule has 1 aliphatic heterocycles. The minimum absolute atomic E-state index is 0.351. The zero-order valence-electron chi connectivity index (χ0n) is 18.1. The van der Waals surface area contributed by atoms with Crippen LogP contribution in [-0.4, -0.2) is 62.9 Å². The molecule has 4 rings (SSSR count). The molecule has 162 valence electrons. The fourth-order valence-corrected chi connectivity index (χ4v) is 4.07. The number of hydrogen-bond acceptors (Lipinski definition) is 6. The summed E-state index contributed by atoms with van der Waals surface area (Å²) in [5, 5.41) is 4.12. The van der Waals surface area contributed by atoms with E-state index in [2.05, 4.69) is 40.5 Å². The summed E-state index contributed by atoms with van der Waals surface area (Å²) >= 11 is 0. The number of pyridine rings is 1. The number of benzene rings is 2. The molecule has 1 N–H and O–H groups in total. The quantitative estimate of drug-likeness (QED) is 0.594. The van der Waals surface area contributed by atoms with Gasteiger partial charge in [0.1, 0.15) is 6.04 Å². The van der Waals surface area contributed by atoms with Crippen molar-refractivity contribution in [3.8, 4) is 11.1 Å². The molecular weight excluding hydrogens is 390 g/mol. The Morgan fingerprint density at radius 2 is 1.94 bits per heavy atom. The number of morpholine rings is 1. The molecule has 6 heteroatoms. The van der Waals surface area contributed by atoms with Crippen molar-refractivity contribution in [2.75, 3.05) is 47.0 Å². The minimum atomic E-state index is -0.613. The highest BCUT2D eigenvalue weighted by Crippen LogP contribution is 2.31. The van der Waals surface area contributed by atoms with Crippen LogP contribution in [0.3, 0.4) is 0 Å². The number of nitrogens with one attached hydrogen (secondary N) is 1. The van der Waals surface area contributed by atoms with Gasteiger partial charge < -0.3 is 14.8 Å². The van der Waals surface area contributed by atoms with E-state index in [-0.39, 0.29) is 5.97 Å². The molecule has 0 aliphatic carbocycles. The summed E-state index contributed by atoms with van der Waals surface area (Å²) in [5.74, 6) is -0.351. The maximum atomic E-state index is 12.3. The van der Waals surface area contributed by atoms with Crippen LogP contribution in [0.5, 0.6) is 0 Å². The lowest BCUT2D eigenvalue weighted by molar-refractivity contribution is -0.143. The van der Waals surface area contributed by atoms with E-state index in [9.17, 15) is 4.79 Å². The molecule has 1 unspecified atom stereocenters. The van der Waals surface area contributed by atoms with Gasteiger partial charge >= 0.3 is 5.97 Å². The molecule has 1 saturated heterocycles. The highest BCUT2D eigenvalue weighted by atomic mass is 16.5. The number of methoxy groups -OCH3 is 1. The zero-order chi connectivity index (χ0) is 21.6. The normalized spacial score (nSPS) is 15.7. The lowest BCUT2D eigenvalue weighted by Crippen LogP contribution is -2.37. The van der Waals surface area contributed by atoms with Crippen molar-refractivity contribution in [1.29, 1.82) is 0 Å². The maximum absolute atomic E-state index is 12.3. The smallest absolute Gasteiger partial charge is 0.329 e. The number of esters is 1. The average molecular weight is 420 g/mol. The van der Waals surface area contributed by atoms with Crippen molar-refractivity contribution in [1.82, 2.24) is 15.2 Å². The molecule has 3 aromatic rings. The fraction of sp³-hybridized carbons (Fsp3) is 0.360. The summed E-state index contributed by atoms with van der Waals surface area (Å²) in [5.41, 5.74) is 4.97. The van der Waals surface area contributed by atoms with Crippen LogP contribution >= 0.6 is 0 Å². The number of aromatic nitrogens is 1. The standard InChI is InChI=1S/C25H29N3O3/c1-26-24(25(29)30-2)23-17-20(19-6-4-3-5-7-19)21-16-18(8-9-22(21)27-23)10-11-28-12-14-31-15-13-28/h3-9,16-17,24,26H,10-15H2,1-2H3. The second-order valence-electron chi connectivity index (χ2n) is 7.76. The SMILES string of the molecule is CNC(C(=O)OC)c1cc(-c2ccccc2)c2cc(CCN3CCOCC3)ccc2n1. The molecular formula is C25H29N3O3. The van der Waals surface area contributed by atoms with Gasteiger partial charge in [0.25, 0.3) is 0 Å². The van der Waals surface area contributed by atoms with Crippen molar-refractivity contribution in [2.45, 2.75) is 12.5 Å². The molecule has 1 aromatic heterocycles. The Kier molecular flexibility index (Phi) is 6.92. The van der Waals surface area contributed by atoms with E-state index in [4.69, 9.17) is 14.5 Å². The fourth-order valence-electron chi connectivity index (χ4n) is 4.07. The molecule has 0 amide bonds. The Morgan fingerprint density at radius 3 is 2.65 bits per heavy atom.